The van der Waals surface area contributed by atoms with E-state index in [1.54, 1.807) is 48.2 Å². The summed E-state index contributed by atoms with van der Waals surface area (Å²) in [4.78, 5) is 26.8. The Kier molecular flexibility index (Phi) is 6.77. The average molecular weight is 529 g/mol. The van der Waals surface area contributed by atoms with E-state index >= 15 is 0 Å². The van der Waals surface area contributed by atoms with Crippen LogP contribution >= 0.6 is 0 Å². The molecule has 2 unspecified atom stereocenters. The van der Waals surface area contributed by atoms with Gasteiger partial charge in [-0.2, -0.15) is 5.26 Å². The molecule has 5 rings (SSSR count). The lowest BCUT2D eigenvalue weighted by Gasteiger charge is -2.47. The van der Waals surface area contributed by atoms with Crippen molar-refractivity contribution in [2.24, 2.45) is 7.05 Å². The van der Waals surface area contributed by atoms with Gasteiger partial charge >= 0.3 is 0 Å². The number of anilines is 1. The van der Waals surface area contributed by atoms with Crippen molar-refractivity contribution in [2.45, 2.75) is 58.2 Å². The fraction of sp³-hybridized carbons (Fsp3) is 0.400. The summed E-state index contributed by atoms with van der Waals surface area (Å²) in [5.41, 5.74) is 3.76. The first-order valence-corrected chi connectivity index (χ1v) is 13.1. The van der Waals surface area contributed by atoms with Gasteiger partial charge < -0.3 is 13.9 Å². The quantitative estimate of drug-likeness (QED) is 0.371. The van der Waals surface area contributed by atoms with Crippen LogP contribution in [0.2, 0.25) is 0 Å². The van der Waals surface area contributed by atoms with Crippen molar-refractivity contribution in [3.8, 4) is 6.07 Å². The van der Waals surface area contributed by atoms with E-state index < -0.39 is 0 Å². The predicted octanol–water partition coefficient (Wildman–Crippen LogP) is 4.92. The number of nitriles is 1. The number of benzene rings is 1. The molecule has 0 radical (unpaired) electrons. The molecule has 3 atom stereocenters. The maximum atomic E-state index is 13.9. The normalized spacial score (nSPS) is 19.3. The fourth-order valence-electron chi connectivity index (χ4n) is 5.32. The molecule has 1 aliphatic heterocycles. The Hall–Kier alpha value is -4.03. The highest BCUT2D eigenvalue weighted by molar-refractivity contribution is 5.89. The van der Waals surface area contributed by atoms with Gasteiger partial charge in [-0.15, -0.1) is 0 Å². The van der Waals surface area contributed by atoms with Gasteiger partial charge in [0.2, 0.25) is 5.89 Å². The molecule has 0 N–H and O–H groups in total. The van der Waals surface area contributed by atoms with E-state index in [0.717, 1.165) is 11.3 Å². The van der Waals surface area contributed by atoms with Crippen molar-refractivity contribution in [1.82, 2.24) is 19.4 Å². The van der Waals surface area contributed by atoms with Gasteiger partial charge in [-0.1, -0.05) is 32.9 Å². The van der Waals surface area contributed by atoms with E-state index in [-0.39, 0.29) is 34.9 Å². The van der Waals surface area contributed by atoms with E-state index in [1.807, 2.05) is 0 Å². The molecule has 0 aliphatic carbocycles. The SMILES string of the molecule is CC1CN(c2cc(=O)n(C)c3ccc(C#N)nc23)[C@@H](C)CN1C(c1ccc(F)cc1)c1nc(C(C)(C)C)co1. The van der Waals surface area contributed by atoms with Crippen molar-refractivity contribution < 1.29 is 8.81 Å². The lowest BCUT2D eigenvalue weighted by molar-refractivity contribution is 0.114. The van der Waals surface area contributed by atoms with E-state index in [9.17, 15) is 14.4 Å². The molecular formula is C30H33FN6O2. The van der Waals surface area contributed by atoms with Gasteiger partial charge in [0, 0.05) is 43.7 Å². The molecule has 1 fully saturated rings. The number of hydrogen-bond acceptors (Lipinski definition) is 7. The fourth-order valence-corrected chi connectivity index (χ4v) is 5.32. The highest BCUT2D eigenvalue weighted by Gasteiger charge is 2.38. The summed E-state index contributed by atoms with van der Waals surface area (Å²) in [6, 6.07) is 13.3. The Morgan fingerprint density at radius 3 is 2.44 bits per heavy atom. The molecule has 3 aromatic heterocycles. The van der Waals surface area contributed by atoms with Crippen LogP contribution in [0.4, 0.5) is 10.1 Å². The Balaban J connectivity index is 1.55. The number of halogens is 1. The van der Waals surface area contributed by atoms with Crippen LogP contribution in [0.25, 0.3) is 11.0 Å². The zero-order valence-corrected chi connectivity index (χ0v) is 23.1. The average Bonchev–Trinajstić information content (AvgIpc) is 3.40. The van der Waals surface area contributed by atoms with E-state index in [1.165, 1.54) is 12.1 Å². The number of oxazole rings is 1. The van der Waals surface area contributed by atoms with Gasteiger partial charge in [0.25, 0.3) is 5.56 Å². The Bertz CT molecular complexity index is 1610. The molecule has 4 aromatic rings. The zero-order valence-electron chi connectivity index (χ0n) is 23.1. The summed E-state index contributed by atoms with van der Waals surface area (Å²) in [6.45, 7) is 11.7. The largest absolute Gasteiger partial charge is 0.447 e. The summed E-state index contributed by atoms with van der Waals surface area (Å²) < 4.78 is 21.5. The minimum Gasteiger partial charge on any atom is -0.447 e. The van der Waals surface area contributed by atoms with Crippen molar-refractivity contribution >= 4 is 16.7 Å². The second-order valence-electron chi connectivity index (χ2n) is 11.4. The first kappa shape index (κ1) is 26.6. The van der Waals surface area contributed by atoms with E-state index in [0.29, 0.717) is 41.4 Å². The molecule has 39 heavy (non-hydrogen) atoms. The van der Waals surface area contributed by atoms with Crippen molar-refractivity contribution in [3.05, 3.63) is 87.7 Å². The lowest BCUT2D eigenvalue weighted by Crippen LogP contribution is -2.57. The Labute approximate surface area is 227 Å². The monoisotopic (exact) mass is 528 g/mol. The number of fused-ring (bicyclic) bond motifs is 1. The third kappa shape index (κ3) is 4.92. The first-order valence-electron chi connectivity index (χ1n) is 13.1. The Morgan fingerprint density at radius 1 is 1.08 bits per heavy atom. The second kappa shape index (κ2) is 9.93. The second-order valence-corrected chi connectivity index (χ2v) is 11.4. The molecule has 0 saturated carbocycles. The summed E-state index contributed by atoms with van der Waals surface area (Å²) >= 11 is 0. The van der Waals surface area contributed by atoms with Crippen LogP contribution in [0.1, 0.15) is 63.5 Å². The maximum absolute atomic E-state index is 13.9. The maximum Gasteiger partial charge on any atom is 0.252 e. The molecular weight excluding hydrogens is 495 g/mol. The molecule has 0 spiro atoms. The zero-order chi connectivity index (χ0) is 28.1. The highest BCUT2D eigenvalue weighted by atomic mass is 19.1. The van der Waals surface area contributed by atoms with Crippen LogP contribution in [0, 0.1) is 17.1 Å². The Morgan fingerprint density at radius 2 is 1.79 bits per heavy atom. The van der Waals surface area contributed by atoms with Gasteiger partial charge in [-0.3, -0.25) is 9.69 Å². The number of nitrogens with zero attached hydrogens (tertiary/aromatic N) is 6. The molecule has 0 bridgehead atoms. The molecule has 9 heteroatoms. The number of aryl methyl sites for hydroxylation is 1. The summed E-state index contributed by atoms with van der Waals surface area (Å²) in [6.07, 6.45) is 1.71. The smallest absolute Gasteiger partial charge is 0.252 e. The molecule has 1 aliphatic rings. The van der Waals surface area contributed by atoms with Gasteiger partial charge in [-0.25, -0.2) is 14.4 Å². The standard InChI is InChI=1S/C30H33FN6O2/c1-18-16-37(28(20-7-9-21(31)10-8-20)29-34-25(17-39-29)30(3,4)5)19(2)15-36(18)24-13-26(38)35(6)23-12-11-22(14-32)33-27(23)24/h7-13,17-19,28H,15-16H2,1-6H3/t18-,19?,28?/m0/s1. The van der Waals surface area contributed by atoms with Crippen LogP contribution in [-0.4, -0.2) is 44.6 Å². The van der Waals surface area contributed by atoms with Crippen LogP contribution in [0.3, 0.4) is 0 Å². The number of piperazine rings is 1. The third-order valence-corrected chi connectivity index (χ3v) is 7.57. The van der Waals surface area contributed by atoms with Crippen LogP contribution in [0.15, 0.2) is 57.9 Å². The predicted molar refractivity (Wildman–Crippen MR) is 148 cm³/mol. The third-order valence-electron chi connectivity index (χ3n) is 7.57. The molecule has 8 nitrogen and oxygen atoms in total. The number of aromatic nitrogens is 3. The lowest BCUT2D eigenvalue weighted by atomic mass is 9.93. The van der Waals surface area contributed by atoms with Gasteiger partial charge in [0.05, 0.1) is 16.9 Å². The molecule has 1 saturated heterocycles. The van der Waals surface area contributed by atoms with E-state index in [4.69, 9.17) is 9.40 Å². The minimum absolute atomic E-state index is 0.0101. The summed E-state index contributed by atoms with van der Waals surface area (Å²) in [7, 11) is 1.71. The molecule has 1 aromatic carbocycles. The molecule has 4 heterocycles. The number of rotatable bonds is 4. The highest BCUT2D eigenvalue weighted by Crippen LogP contribution is 2.36. The van der Waals surface area contributed by atoms with Gasteiger partial charge in [0.15, 0.2) is 0 Å². The van der Waals surface area contributed by atoms with Gasteiger partial charge in [-0.05, 0) is 43.7 Å². The van der Waals surface area contributed by atoms with E-state index in [2.05, 4.69) is 55.5 Å². The minimum atomic E-state index is -0.315. The summed E-state index contributed by atoms with van der Waals surface area (Å²) in [5.74, 6) is 0.270. The van der Waals surface area contributed by atoms with Crippen LogP contribution in [-0.2, 0) is 12.5 Å². The number of hydrogen-bond donors (Lipinski definition) is 0. The van der Waals surface area contributed by atoms with Crippen molar-refractivity contribution in [1.29, 1.82) is 5.26 Å². The van der Waals surface area contributed by atoms with Crippen LogP contribution < -0.4 is 10.5 Å². The molecule has 0 amide bonds. The summed E-state index contributed by atoms with van der Waals surface area (Å²) in [5, 5.41) is 9.46. The van der Waals surface area contributed by atoms with Crippen molar-refractivity contribution in [2.75, 3.05) is 18.0 Å². The van der Waals surface area contributed by atoms with Crippen LogP contribution in [0.5, 0.6) is 0 Å². The molecule has 202 valence electrons. The van der Waals surface area contributed by atoms with Gasteiger partial charge in [0.1, 0.15) is 35.4 Å². The topological polar surface area (TPSA) is 91.2 Å². The number of pyridine rings is 2. The first-order chi connectivity index (χ1) is 18.5. The van der Waals surface area contributed by atoms with Crippen molar-refractivity contribution in [3.63, 3.8) is 0 Å².